The first kappa shape index (κ1) is 14.1. The van der Waals surface area contributed by atoms with E-state index in [1.807, 2.05) is 0 Å². The van der Waals surface area contributed by atoms with E-state index in [-0.39, 0.29) is 12.1 Å². The van der Waals surface area contributed by atoms with Crippen LogP contribution in [-0.4, -0.2) is 0 Å². The molecule has 0 radical (unpaired) electrons. The lowest BCUT2D eigenvalue weighted by atomic mass is 10.0. The molecule has 17 heavy (non-hydrogen) atoms. The van der Waals surface area contributed by atoms with Gasteiger partial charge in [0, 0.05) is 5.56 Å². The lowest BCUT2D eigenvalue weighted by Crippen LogP contribution is -2.17. The van der Waals surface area contributed by atoms with Gasteiger partial charge in [-0.2, -0.15) is 26.3 Å². The van der Waals surface area contributed by atoms with Crippen molar-refractivity contribution in [3.63, 3.8) is 0 Å². The molecule has 0 aromatic heterocycles. The minimum atomic E-state index is -5.28. The average molecular weight is 281 g/mol. The fraction of sp³-hybridized carbons (Fsp3) is 0.333. The zero-order valence-electron chi connectivity index (χ0n) is 7.89. The third-order valence-electron chi connectivity index (χ3n) is 1.94. The van der Waals surface area contributed by atoms with Crippen LogP contribution in [0.5, 0.6) is 0 Å². The maximum Gasteiger partial charge on any atom is 0.417 e. The average Bonchev–Trinajstić information content (AvgIpc) is 2.14. The van der Waals surface area contributed by atoms with Gasteiger partial charge in [0.05, 0.1) is 17.0 Å². The third kappa shape index (κ3) is 3.02. The van der Waals surface area contributed by atoms with Crippen molar-refractivity contribution in [2.24, 2.45) is 0 Å². The van der Waals surface area contributed by atoms with Crippen LogP contribution in [0.1, 0.15) is 16.7 Å². The quantitative estimate of drug-likeness (QED) is 0.521. The molecular formula is C9H4ClF7. The van der Waals surface area contributed by atoms with E-state index in [0.717, 1.165) is 0 Å². The maximum atomic E-state index is 13.0. The molecule has 0 fully saturated rings. The van der Waals surface area contributed by atoms with E-state index in [0.29, 0.717) is 0 Å². The van der Waals surface area contributed by atoms with Gasteiger partial charge in [-0.25, -0.2) is 4.39 Å². The van der Waals surface area contributed by atoms with E-state index in [9.17, 15) is 30.7 Å². The van der Waals surface area contributed by atoms with Crippen molar-refractivity contribution in [3.8, 4) is 0 Å². The smallest absolute Gasteiger partial charge is 0.207 e. The van der Waals surface area contributed by atoms with Crippen molar-refractivity contribution in [2.75, 3.05) is 0 Å². The number of hydrogen-bond donors (Lipinski definition) is 0. The van der Waals surface area contributed by atoms with Crippen LogP contribution in [0.3, 0.4) is 0 Å². The van der Waals surface area contributed by atoms with E-state index in [1.54, 1.807) is 0 Å². The van der Waals surface area contributed by atoms with Crippen LogP contribution in [0.15, 0.2) is 12.1 Å². The highest BCUT2D eigenvalue weighted by Gasteiger charge is 2.43. The second-order valence-corrected chi connectivity index (χ2v) is 3.39. The summed E-state index contributed by atoms with van der Waals surface area (Å²) in [6.45, 7) is 0. The molecule has 0 amide bonds. The minimum Gasteiger partial charge on any atom is -0.207 e. The van der Waals surface area contributed by atoms with Crippen LogP contribution in [-0.2, 0) is 18.2 Å². The Labute approximate surface area is 96.0 Å². The van der Waals surface area contributed by atoms with E-state index in [4.69, 9.17) is 11.6 Å². The number of alkyl halides is 7. The Hall–Kier alpha value is -0.980. The number of rotatable bonds is 1. The maximum absolute atomic E-state index is 13.0. The van der Waals surface area contributed by atoms with Gasteiger partial charge in [-0.05, 0) is 12.1 Å². The van der Waals surface area contributed by atoms with Crippen molar-refractivity contribution in [1.82, 2.24) is 0 Å². The van der Waals surface area contributed by atoms with Gasteiger partial charge >= 0.3 is 12.4 Å². The molecule has 0 aliphatic carbocycles. The summed E-state index contributed by atoms with van der Waals surface area (Å²) < 4.78 is 87.0. The molecular weight excluding hydrogens is 277 g/mol. The molecule has 8 heteroatoms. The summed E-state index contributed by atoms with van der Waals surface area (Å²) >= 11 is 5.13. The minimum absolute atomic E-state index is 0.0746. The molecule has 0 heterocycles. The lowest BCUT2D eigenvalue weighted by molar-refractivity contribution is -0.162. The monoisotopic (exact) mass is 280 g/mol. The van der Waals surface area contributed by atoms with Crippen LogP contribution in [0, 0.1) is 5.82 Å². The van der Waals surface area contributed by atoms with Gasteiger partial charge in [0.1, 0.15) is 5.82 Å². The summed E-state index contributed by atoms with van der Waals surface area (Å²) in [7, 11) is 0. The van der Waals surface area contributed by atoms with Crippen LogP contribution in [0.2, 0.25) is 0 Å². The molecule has 96 valence electrons. The highest BCUT2D eigenvalue weighted by molar-refractivity contribution is 6.17. The van der Waals surface area contributed by atoms with Crippen molar-refractivity contribution >= 4 is 11.6 Å². The van der Waals surface area contributed by atoms with Crippen molar-refractivity contribution < 1.29 is 30.7 Å². The second-order valence-electron chi connectivity index (χ2n) is 3.12. The molecule has 0 aliphatic rings. The first-order valence-corrected chi connectivity index (χ1v) is 4.63. The number of hydrogen-bond acceptors (Lipinski definition) is 0. The fourth-order valence-electron chi connectivity index (χ4n) is 1.19. The van der Waals surface area contributed by atoms with Crippen LogP contribution >= 0.6 is 11.6 Å². The Balaban J connectivity index is 3.54. The van der Waals surface area contributed by atoms with E-state index in [1.165, 1.54) is 0 Å². The van der Waals surface area contributed by atoms with Gasteiger partial charge in [-0.3, -0.25) is 0 Å². The predicted molar refractivity (Wildman–Crippen MR) is 46.0 cm³/mol. The van der Waals surface area contributed by atoms with E-state index >= 15 is 0 Å². The molecule has 0 saturated heterocycles. The zero-order valence-corrected chi connectivity index (χ0v) is 8.64. The van der Waals surface area contributed by atoms with E-state index < -0.39 is 40.7 Å². The molecule has 1 aromatic carbocycles. The molecule has 0 saturated carbocycles. The molecule has 1 aromatic rings. The van der Waals surface area contributed by atoms with E-state index in [2.05, 4.69) is 0 Å². The topological polar surface area (TPSA) is 0 Å². The summed E-state index contributed by atoms with van der Waals surface area (Å²) in [5.74, 6) is -2.06. The fourth-order valence-corrected chi connectivity index (χ4v) is 1.39. The molecule has 0 N–H and O–H groups in total. The van der Waals surface area contributed by atoms with Gasteiger partial charge in [0.15, 0.2) is 0 Å². The Morgan fingerprint density at radius 3 is 1.65 bits per heavy atom. The Kier molecular flexibility index (Phi) is 3.61. The Morgan fingerprint density at radius 2 is 1.29 bits per heavy atom. The summed E-state index contributed by atoms with van der Waals surface area (Å²) in [6, 6.07) is -0.119. The summed E-state index contributed by atoms with van der Waals surface area (Å²) in [6.07, 6.45) is -10.5. The molecule has 0 aliphatic heterocycles. The predicted octanol–water partition coefficient (Wildman–Crippen LogP) is 4.60. The molecule has 0 spiro atoms. The SMILES string of the molecule is Fc1cc(C(F)(F)F)c(C(F)(F)F)cc1CCl. The first-order chi connectivity index (χ1) is 7.57. The van der Waals surface area contributed by atoms with Gasteiger partial charge in [0.2, 0.25) is 0 Å². The largest absolute Gasteiger partial charge is 0.417 e. The Bertz CT molecular complexity index is 419. The molecule has 0 bridgehead atoms. The van der Waals surface area contributed by atoms with Crippen molar-refractivity contribution in [3.05, 3.63) is 34.6 Å². The second kappa shape index (κ2) is 4.36. The third-order valence-corrected chi connectivity index (χ3v) is 2.23. The summed E-state index contributed by atoms with van der Waals surface area (Å²) in [5.41, 5.74) is -4.63. The Morgan fingerprint density at radius 1 is 0.882 bits per heavy atom. The molecule has 0 atom stereocenters. The zero-order chi connectivity index (χ0) is 13.4. The first-order valence-electron chi connectivity index (χ1n) is 4.10. The van der Waals surface area contributed by atoms with Crippen LogP contribution in [0.25, 0.3) is 0 Å². The summed E-state index contributed by atoms with van der Waals surface area (Å²) in [5, 5.41) is 0. The number of benzene rings is 1. The van der Waals surface area contributed by atoms with Crippen LogP contribution < -0.4 is 0 Å². The number of halogens is 8. The van der Waals surface area contributed by atoms with Gasteiger partial charge in [-0.1, -0.05) is 0 Å². The molecule has 0 unspecified atom stereocenters. The van der Waals surface area contributed by atoms with Gasteiger partial charge < -0.3 is 0 Å². The van der Waals surface area contributed by atoms with Crippen molar-refractivity contribution in [2.45, 2.75) is 18.2 Å². The normalized spacial score (nSPS) is 12.9. The highest BCUT2D eigenvalue weighted by atomic mass is 35.5. The van der Waals surface area contributed by atoms with Gasteiger partial charge in [0.25, 0.3) is 0 Å². The summed E-state index contributed by atoms with van der Waals surface area (Å²) in [4.78, 5) is 0. The lowest BCUT2D eigenvalue weighted by Gasteiger charge is -2.16. The van der Waals surface area contributed by atoms with Crippen molar-refractivity contribution in [1.29, 1.82) is 0 Å². The van der Waals surface area contributed by atoms with Gasteiger partial charge in [-0.15, -0.1) is 11.6 Å². The highest BCUT2D eigenvalue weighted by Crippen LogP contribution is 2.41. The molecule has 1 rings (SSSR count). The standard InChI is InChI=1S/C9H4ClF7/c10-3-4-1-5(8(12,13)14)6(2-7(4)11)9(15,16)17/h1-2H,3H2. The van der Waals surface area contributed by atoms with Crippen LogP contribution in [0.4, 0.5) is 30.7 Å². The molecule has 0 nitrogen and oxygen atoms in total.